The van der Waals surface area contributed by atoms with Gasteiger partial charge in [-0.15, -0.1) is 0 Å². The molecule has 10 heteroatoms. The van der Waals surface area contributed by atoms with Crippen LogP contribution in [0.15, 0.2) is 41.2 Å². The van der Waals surface area contributed by atoms with Crippen molar-refractivity contribution in [1.82, 2.24) is 9.80 Å². The Hall–Kier alpha value is -3.48. The van der Waals surface area contributed by atoms with Gasteiger partial charge in [0.05, 0.1) is 29.0 Å². The van der Waals surface area contributed by atoms with Crippen LogP contribution in [-0.2, 0) is 11.0 Å². The van der Waals surface area contributed by atoms with E-state index in [0.29, 0.717) is 0 Å². The summed E-state index contributed by atoms with van der Waals surface area (Å²) in [6.07, 6.45) is -2.05. The molecule has 0 radical (unpaired) electrons. The second-order valence-electron chi connectivity index (χ2n) is 7.04. The van der Waals surface area contributed by atoms with Gasteiger partial charge in [-0.05, 0) is 24.3 Å². The number of anilines is 1. The molecule has 1 saturated heterocycles. The zero-order valence-corrected chi connectivity index (χ0v) is 16.3. The Labute approximate surface area is 170 Å². The van der Waals surface area contributed by atoms with E-state index in [1.165, 1.54) is 34.5 Å². The van der Waals surface area contributed by atoms with E-state index in [4.69, 9.17) is 9.68 Å². The summed E-state index contributed by atoms with van der Waals surface area (Å²) in [5.41, 5.74) is -0.984. The summed E-state index contributed by atoms with van der Waals surface area (Å²) < 4.78 is 44.9. The lowest BCUT2D eigenvalue weighted by Gasteiger charge is -2.42. The first kappa shape index (κ1) is 21.2. The summed E-state index contributed by atoms with van der Waals surface area (Å²) in [6.45, 7) is 0.378. The number of carbonyl (C=O) groups is 2. The molecule has 1 aromatic carbocycles. The zero-order chi connectivity index (χ0) is 22.1. The van der Waals surface area contributed by atoms with Gasteiger partial charge in [-0.3, -0.25) is 9.59 Å². The summed E-state index contributed by atoms with van der Waals surface area (Å²) in [7, 11) is 3.09. The largest absolute Gasteiger partial charge is 0.472 e. The topological polar surface area (TPSA) is 80.8 Å². The van der Waals surface area contributed by atoms with Crippen molar-refractivity contribution in [2.75, 3.05) is 38.6 Å². The molecule has 7 nitrogen and oxygen atoms in total. The fourth-order valence-electron chi connectivity index (χ4n) is 3.38. The minimum atomic E-state index is -4.68. The second kappa shape index (κ2) is 8.10. The van der Waals surface area contributed by atoms with Gasteiger partial charge < -0.3 is 19.1 Å². The maximum absolute atomic E-state index is 13.3. The van der Waals surface area contributed by atoms with Gasteiger partial charge in [-0.25, -0.2) is 0 Å². The van der Waals surface area contributed by atoms with E-state index in [1.807, 2.05) is 0 Å². The number of alkyl halides is 3. The van der Waals surface area contributed by atoms with Crippen LogP contribution < -0.4 is 4.90 Å². The number of hydrogen-bond donors (Lipinski definition) is 0. The van der Waals surface area contributed by atoms with Crippen molar-refractivity contribution in [2.24, 2.45) is 0 Å². The molecule has 0 saturated carbocycles. The van der Waals surface area contributed by atoms with Gasteiger partial charge in [0.15, 0.2) is 0 Å². The number of nitriles is 1. The lowest BCUT2D eigenvalue weighted by Crippen LogP contribution is -2.60. The molecule has 2 heterocycles. The quantitative estimate of drug-likeness (QED) is 0.763. The van der Waals surface area contributed by atoms with E-state index in [0.717, 1.165) is 12.1 Å². The predicted octanol–water partition coefficient (Wildman–Crippen LogP) is 2.59. The van der Waals surface area contributed by atoms with E-state index in [2.05, 4.69) is 0 Å². The summed E-state index contributed by atoms with van der Waals surface area (Å²) >= 11 is 0. The SMILES string of the molecule is CN(C)C(=O)C1CN(c2ccc(C#N)c(C(F)(F)F)c2)CCN1C(=O)c1ccoc1. The first-order valence-corrected chi connectivity index (χ1v) is 9.04. The Bertz CT molecular complexity index is 980. The van der Waals surface area contributed by atoms with Crippen LogP contribution in [0.4, 0.5) is 18.9 Å². The summed E-state index contributed by atoms with van der Waals surface area (Å²) in [4.78, 5) is 29.9. The van der Waals surface area contributed by atoms with E-state index in [-0.39, 0.29) is 42.7 Å². The smallest absolute Gasteiger partial charge is 0.417 e. The Balaban J connectivity index is 1.92. The van der Waals surface area contributed by atoms with Crippen LogP contribution in [0, 0.1) is 11.3 Å². The Kier molecular flexibility index (Phi) is 5.73. The zero-order valence-electron chi connectivity index (χ0n) is 16.3. The monoisotopic (exact) mass is 420 g/mol. The Morgan fingerprint density at radius 1 is 1.23 bits per heavy atom. The van der Waals surface area contributed by atoms with E-state index < -0.39 is 23.3 Å². The molecule has 0 spiro atoms. The summed E-state index contributed by atoms with van der Waals surface area (Å²) in [5, 5.41) is 8.98. The maximum atomic E-state index is 13.3. The van der Waals surface area contributed by atoms with E-state index in [1.54, 1.807) is 25.1 Å². The van der Waals surface area contributed by atoms with Gasteiger partial charge >= 0.3 is 6.18 Å². The third kappa shape index (κ3) is 4.10. The molecule has 30 heavy (non-hydrogen) atoms. The highest BCUT2D eigenvalue weighted by atomic mass is 19.4. The molecule has 2 amide bonds. The lowest BCUT2D eigenvalue weighted by atomic mass is 10.0. The first-order valence-electron chi connectivity index (χ1n) is 9.04. The number of nitrogens with zero attached hydrogens (tertiary/aromatic N) is 4. The minimum absolute atomic E-state index is 0.0177. The minimum Gasteiger partial charge on any atom is -0.472 e. The number of benzene rings is 1. The fourth-order valence-corrected chi connectivity index (χ4v) is 3.38. The molecule has 158 valence electrons. The molecule has 3 rings (SSSR count). The molecular weight excluding hydrogens is 401 g/mol. The molecule has 1 aromatic heterocycles. The van der Waals surface area contributed by atoms with Gasteiger partial charge in [0.25, 0.3) is 5.91 Å². The molecule has 1 unspecified atom stereocenters. The highest BCUT2D eigenvalue weighted by Crippen LogP contribution is 2.35. The average molecular weight is 420 g/mol. The second-order valence-corrected chi connectivity index (χ2v) is 7.04. The van der Waals surface area contributed by atoms with E-state index >= 15 is 0 Å². The van der Waals surface area contributed by atoms with E-state index in [9.17, 15) is 22.8 Å². The molecular formula is C20H19F3N4O3. The Morgan fingerprint density at radius 2 is 1.97 bits per heavy atom. The molecule has 2 aromatic rings. The van der Waals surface area contributed by atoms with Crippen molar-refractivity contribution in [3.05, 3.63) is 53.5 Å². The third-order valence-corrected chi connectivity index (χ3v) is 4.93. The molecule has 0 aliphatic carbocycles. The van der Waals surface area contributed by atoms with Crippen molar-refractivity contribution in [3.63, 3.8) is 0 Å². The summed E-state index contributed by atoms with van der Waals surface area (Å²) in [5.74, 6) is -0.736. The number of piperazine rings is 1. The summed E-state index contributed by atoms with van der Waals surface area (Å²) in [6, 6.07) is 5.59. The number of carbonyl (C=O) groups excluding carboxylic acids is 2. The number of halogens is 3. The number of furan rings is 1. The van der Waals surface area contributed by atoms with Crippen LogP contribution in [0.5, 0.6) is 0 Å². The normalized spacial score (nSPS) is 16.9. The highest BCUT2D eigenvalue weighted by molar-refractivity contribution is 5.97. The van der Waals surface area contributed by atoms with Crippen molar-refractivity contribution >= 4 is 17.5 Å². The van der Waals surface area contributed by atoms with Crippen LogP contribution >= 0.6 is 0 Å². The van der Waals surface area contributed by atoms with Crippen molar-refractivity contribution in [3.8, 4) is 6.07 Å². The number of likely N-dealkylation sites (N-methyl/N-ethyl adjacent to an activating group) is 1. The van der Waals surface area contributed by atoms with Gasteiger partial charge in [0.1, 0.15) is 12.3 Å². The molecule has 1 aliphatic heterocycles. The molecule has 1 atom stereocenters. The van der Waals surface area contributed by atoms with Gasteiger partial charge in [-0.1, -0.05) is 0 Å². The molecule has 1 aliphatic rings. The average Bonchev–Trinajstić information content (AvgIpc) is 3.26. The van der Waals surface area contributed by atoms with Crippen molar-refractivity contribution in [1.29, 1.82) is 5.26 Å². The Morgan fingerprint density at radius 3 is 2.53 bits per heavy atom. The van der Waals surface area contributed by atoms with Crippen molar-refractivity contribution in [2.45, 2.75) is 12.2 Å². The van der Waals surface area contributed by atoms with Crippen molar-refractivity contribution < 1.29 is 27.2 Å². The molecule has 0 bridgehead atoms. The van der Waals surface area contributed by atoms with Crippen LogP contribution in [0.2, 0.25) is 0 Å². The third-order valence-electron chi connectivity index (χ3n) is 4.93. The van der Waals surface area contributed by atoms with Crippen LogP contribution in [0.1, 0.15) is 21.5 Å². The van der Waals surface area contributed by atoms with Crippen LogP contribution in [-0.4, -0.2) is 61.4 Å². The predicted molar refractivity (Wildman–Crippen MR) is 101 cm³/mol. The molecule has 1 fully saturated rings. The number of amides is 2. The number of rotatable bonds is 3. The van der Waals surface area contributed by atoms with Gasteiger partial charge in [-0.2, -0.15) is 18.4 Å². The highest BCUT2D eigenvalue weighted by Gasteiger charge is 2.38. The maximum Gasteiger partial charge on any atom is 0.417 e. The van der Waals surface area contributed by atoms with Gasteiger partial charge in [0, 0.05) is 39.4 Å². The van der Waals surface area contributed by atoms with Crippen LogP contribution in [0.3, 0.4) is 0 Å². The number of hydrogen-bond acceptors (Lipinski definition) is 5. The fraction of sp³-hybridized carbons (Fsp3) is 0.350. The first-order chi connectivity index (χ1) is 14.1. The van der Waals surface area contributed by atoms with Crippen LogP contribution in [0.25, 0.3) is 0 Å². The standard InChI is InChI=1S/C20H19F3N4O3/c1-25(2)19(29)17-11-26(6-7-27(17)18(28)14-5-8-30-12-14)15-4-3-13(10-24)16(9-15)20(21,22)23/h3-5,8-9,12,17H,6-7,11H2,1-2H3. The lowest BCUT2D eigenvalue weighted by molar-refractivity contribution is -0.138. The van der Waals surface area contributed by atoms with Gasteiger partial charge in [0.2, 0.25) is 5.91 Å². The molecule has 0 N–H and O–H groups in total.